The number of alkyl carbamates (subject to hydrolysis) is 2. The van der Waals surface area contributed by atoms with E-state index in [1.807, 2.05) is 44.7 Å². The van der Waals surface area contributed by atoms with Gasteiger partial charge in [-0.15, -0.1) is 0 Å². The summed E-state index contributed by atoms with van der Waals surface area (Å²) in [6.07, 6.45) is 5.11. The van der Waals surface area contributed by atoms with Gasteiger partial charge in [-0.1, -0.05) is 13.8 Å². The van der Waals surface area contributed by atoms with Crippen LogP contribution in [0.15, 0.2) is 36.7 Å². The van der Waals surface area contributed by atoms with Gasteiger partial charge in [0.1, 0.15) is 11.9 Å². The third kappa shape index (κ3) is 8.60. The molecule has 4 N–H and O–H groups in total. The van der Waals surface area contributed by atoms with Gasteiger partial charge < -0.3 is 24.7 Å². The van der Waals surface area contributed by atoms with Crippen molar-refractivity contribution in [1.29, 1.82) is 0 Å². The Balaban J connectivity index is 1.04. The maximum Gasteiger partial charge on any atom is 0.407 e. The van der Waals surface area contributed by atoms with Crippen molar-refractivity contribution in [3.63, 3.8) is 0 Å². The molecule has 2 saturated heterocycles. The van der Waals surface area contributed by atoms with Crippen molar-refractivity contribution >= 4 is 24.0 Å². The van der Waals surface area contributed by atoms with Gasteiger partial charge in [-0.05, 0) is 30.9 Å². The topological polar surface area (TPSA) is 212 Å². The van der Waals surface area contributed by atoms with E-state index in [1.54, 1.807) is 31.5 Å². The molecule has 2 aromatic carbocycles. The third-order valence-corrected chi connectivity index (χ3v) is 14.8. The number of ether oxygens (including phenoxy) is 5. The van der Waals surface area contributed by atoms with Gasteiger partial charge in [-0.2, -0.15) is 0 Å². The summed E-state index contributed by atoms with van der Waals surface area (Å²) in [7, 11) is 5.84. The van der Waals surface area contributed by atoms with Gasteiger partial charge in [-0.25, -0.2) is 9.78 Å². The van der Waals surface area contributed by atoms with E-state index in [-0.39, 0.29) is 45.8 Å². The molecule has 4 amide bonds. The smallest absolute Gasteiger partial charge is 0.407 e. The molecule has 8 rings (SSSR count). The number of amides is 4. The Morgan fingerprint density at radius 2 is 1.20 bits per heavy atom. The van der Waals surface area contributed by atoms with Crippen molar-refractivity contribution in [2.24, 2.45) is 11.8 Å². The number of alkyl halides is 1. The molecule has 2 aromatic heterocycles. The van der Waals surface area contributed by atoms with Crippen LogP contribution in [0.2, 0.25) is 0 Å². The van der Waals surface area contributed by atoms with E-state index >= 15 is 0 Å². The number of imidazole rings is 2. The maximum absolute atomic E-state index is 14.1. The van der Waals surface area contributed by atoms with Crippen molar-refractivity contribution in [3.05, 3.63) is 59.4 Å². The van der Waals surface area contributed by atoms with Crippen LogP contribution in [-0.4, -0.2) is 111 Å². The minimum atomic E-state index is -0.786. The fourth-order valence-corrected chi connectivity index (χ4v) is 11.5. The standard InChI is InChI=1S/C45H56IN8O10/c1-22(2)38(51-44(57)60-6)42(55)53-28(21-59-5)9-10-31(53)40-47-17-29(49-40)24-13-26-19-64-34-16-25(14-27-20-63-33(15-24)36(26)37(27)34)30-18-48-41(50-30)32-11-12-35(46-62-8)54(32)43(56)39(23(3)4)52-45(58)61-7/h13-18,22-23,28,31-32,35,38-39H,9-12,19-21H2,1-8H3,(H,47,49)(H,48,50)(H,51,57)(H,52,58)/q-1/t28-,31+,32+,35-,38+,39+/m1/s1. The summed E-state index contributed by atoms with van der Waals surface area (Å²) in [5, 5.41) is 5.46. The first-order valence-corrected chi connectivity index (χ1v) is 23.7. The van der Waals surface area contributed by atoms with E-state index in [2.05, 4.69) is 32.7 Å². The molecule has 19 heteroatoms. The third-order valence-electron chi connectivity index (χ3n) is 12.5. The normalized spacial score (nSPS) is 20.7. The van der Waals surface area contributed by atoms with E-state index in [1.165, 1.54) is 14.2 Å². The number of halogens is 1. The minimum Gasteiger partial charge on any atom is -0.453 e. The summed E-state index contributed by atoms with van der Waals surface area (Å²) >= 11 is -0.783. The van der Waals surface area contributed by atoms with Crippen molar-refractivity contribution in [2.45, 2.75) is 101 Å². The summed E-state index contributed by atoms with van der Waals surface area (Å²) in [5.74, 6) is 2.03. The molecule has 0 saturated carbocycles. The Labute approximate surface area is 382 Å². The van der Waals surface area contributed by atoms with Gasteiger partial charge in [0.2, 0.25) is 5.91 Å². The molecule has 4 aromatic rings. The number of methoxy groups -OCH3 is 3. The van der Waals surface area contributed by atoms with Crippen LogP contribution in [0.25, 0.3) is 33.6 Å². The molecular weight excluding hydrogens is 939 g/mol. The van der Waals surface area contributed by atoms with Crippen molar-refractivity contribution in [3.8, 4) is 45.1 Å². The van der Waals surface area contributed by atoms with E-state index in [9.17, 15) is 19.2 Å². The number of rotatable bonds is 14. The number of nitrogens with one attached hydrogen (secondary N) is 4. The van der Waals surface area contributed by atoms with Gasteiger partial charge in [0.25, 0.3) is 0 Å². The van der Waals surface area contributed by atoms with Gasteiger partial charge in [0, 0.05) is 12.7 Å². The summed E-state index contributed by atoms with van der Waals surface area (Å²) in [4.78, 5) is 73.0. The number of likely N-dealkylation sites (tertiary alicyclic amines) is 2. The zero-order valence-electron chi connectivity index (χ0n) is 37.3. The van der Waals surface area contributed by atoms with Crippen LogP contribution in [0.1, 0.15) is 88.2 Å². The monoisotopic (exact) mass is 995 g/mol. The fourth-order valence-electron chi connectivity index (χ4n) is 9.38. The van der Waals surface area contributed by atoms with Crippen molar-refractivity contribution in [1.82, 2.24) is 40.4 Å². The second-order valence-electron chi connectivity index (χ2n) is 17.1. The number of hydrogen-bond donors (Lipinski definition) is 4. The Kier molecular flexibility index (Phi) is 13.4. The first kappa shape index (κ1) is 45.2. The first-order chi connectivity index (χ1) is 30.8. The molecule has 18 nitrogen and oxygen atoms in total. The predicted molar refractivity (Wildman–Crippen MR) is 228 cm³/mol. The summed E-state index contributed by atoms with van der Waals surface area (Å²) < 4.78 is 33.7. The molecule has 0 spiro atoms. The number of aromatic amines is 2. The molecule has 0 aliphatic carbocycles. The zero-order valence-corrected chi connectivity index (χ0v) is 39.4. The molecule has 0 unspecified atom stereocenters. The van der Waals surface area contributed by atoms with Gasteiger partial charge in [0.15, 0.2) is 0 Å². The van der Waals surface area contributed by atoms with Crippen molar-refractivity contribution < 1.29 is 67.5 Å². The first-order valence-electron chi connectivity index (χ1n) is 21.5. The molecule has 0 radical (unpaired) electrons. The van der Waals surface area contributed by atoms with Crippen LogP contribution >= 0.6 is 0 Å². The molecule has 6 atom stereocenters. The minimum absolute atomic E-state index is 0.0811. The van der Waals surface area contributed by atoms with Crippen molar-refractivity contribution in [2.75, 3.05) is 35.0 Å². The molecule has 2 fully saturated rings. The second kappa shape index (κ2) is 19.0. The van der Waals surface area contributed by atoms with Crippen LogP contribution in [0.4, 0.5) is 9.59 Å². The molecule has 4 aliphatic heterocycles. The van der Waals surface area contributed by atoms with Crippen LogP contribution in [0, 0.1) is 11.8 Å². The largest absolute Gasteiger partial charge is 0.453 e. The average Bonchev–Trinajstić information content (AvgIpc) is 4.12. The fraction of sp³-hybridized carbons (Fsp3) is 0.511. The Morgan fingerprint density at radius 3 is 1.67 bits per heavy atom. The number of carbonyl (C=O) groups excluding carboxylic acids is 4. The quantitative estimate of drug-likeness (QED) is 0.0817. The Hall–Kier alpha value is -5.41. The van der Waals surface area contributed by atoms with E-state index < -0.39 is 45.9 Å². The SMILES string of the molecule is COC[C@H]1CC[C@@H](c2ncc(-c3cc4c5c(c3)OCc3cc(-c6cnc([C@@H]7CC[C@H]([I-]OC)N7C(=O)[C@@H](NC(=O)OC)C(C)C)[nH]6)cc(c3-5)OC4)[nH]2)N1C(=O)[C@@H](NC(=O)OC)C(C)C. The maximum atomic E-state index is 14.1. The molecule has 6 heterocycles. The van der Waals surface area contributed by atoms with Crippen LogP contribution < -0.4 is 41.7 Å². The predicted octanol–water partition coefficient (Wildman–Crippen LogP) is 3.00. The summed E-state index contributed by atoms with van der Waals surface area (Å²) in [5.41, 5.74) is 7.22. The molecular formula is C45H56IN8O10-. The van der Waals surface area contributed by atoms with E-state index in [0.717, 1.165) is 69.1 Å². The van der Waals surface area contributed by atoms with E-state index in [4.69, 9.17) is 36.7 Å². The summed E-state index contributed by atoms with van der Waals surface area (Å²) in [6, 6.07) is 5.79. The average molecular weight is 996 g/mol. The second-order valence-corrected chi connectivity index (χ2v) is 20.0. The van der Waals surface area contributed by atoms with Crippen LogP contribution in [0.5, 0.6) is 11.5 Å². The van der Waals surface area contributed by atoms with Gasteiger partial charge in [-0.3, -0.25) is 4.79 Å². The molecule has 4 aliphatic rings. The number of aromatic nitrogens is 4. The van der Waals surface area contributed by atoms with E-state index in [0.29, 0.717) is 44.3 Å². The number of H-pyrrole nitrogens is 2. The number of benzene rings is 2. The Bertz CT molecular complexity index is 2190. The molecule has 0 bridgehead atoms. The van der Waals surface area contributed by atoms with Gasteiger partial charge in [0.05, 0.1) is 37.7 Å². The van der Waals surface area contributed by atoms with Crippen LogP contribution in [0.3, 0.4) is 0 Å². The van der Waals surface area contributed by atoms with Gasteiger partial charge >= 0.3 is 232 Å². The summed E-state index contributed by atoms with van der Waals surface area (Å²) in [6.45, 7) is 8.55. The number of nitrogens with zero attached hydrogens (tertiary/aromatic N) is 4. The Morgan fingerprint density at radius 1 is 0.719 bits per heavy atom. The van der Waals surface area contributed by atoms with Crippen LogP contribution in [-0.2, 0) is 40.1 Å². The molecule has 64 heavy (non-hydrogen) atoms. The zero-order chi connectivity index (χ0) is 45.4. The number of hydrogen-bond acceptors (Lipinski definition) is 12. The molecule has 344 valence electrons. The number of carbonyl (C=O) groups is 4.